The molecule has 0 aliphatic carbocycles. The lowest BCUT2D eigenvalue weighted by atomic mass is 10.3. The molecule has 0 amide bonds. The number of halogens is 1. The average Bonchev–Trinajstić information content (AvgIpc) is 2.65. The van der Waals surface area contributed by atoms with Crippen molar-refractivity contribution in [3.8, 4) is 5.75 Å². The zero-order valence-electron chi connectivity index (χ0n) is 14.1. The van der Waals surface area contributed by atoms with E-state index in [1.165, 1.54) is 0 Å². The number of nitrogens with two attached hydrogens (primary N) is 1. The number of anilines is 3. The number of carbonyl (C=O) groups is 1. The van der Waals surface area contributed by atoms with Gasteiger partial charge in [-0.25, -0.2) is 4.79 Å². The fourth-order valence-electron chi connectivity index (χ4n) is 2.09. The predicted molar refractivity (Wildman–Crippen MR) is 103 cm³/mol. The third kappa shape index (κ3) is 5.93. The maximum Gasteiger partial charge on any atom is 0.344 e. The highest BCUT2D eigenvalue weighted by Crippen LogP contribution is 2.17. The molecule has 0 spiro atoms. The molecule has 0 fully saturated rings. The molecule has 0 aliphatic heterocycles. The summed E-state index contributed by atoms with van der Waals surface area (Å²) in [6.07, 6.45) is 0. The Hall–Kier alpha value is -3.20. The number of hydrogen-bond acceptors (Lipinski definition) is 8. The largest absolute Gasteiger partial charge is 0.482 e. The summed E-state index contributed by atoms with van der Waals surface area (Å²) in [6.45, 7) is -0.372. The number of benzene rings is 2. The van der Waals surface area contributed by atoms with E-state index in [1.807, 2.05) is 36.4 Å². The maximum atomic E-state index is 11.9. The molecule has 3 rings (SSSR count). The second kappa shape index (κ2) is 8.95. The number of para-hydroxylation sites is 1. The van der Waals surface area contributed by atoms with E-state index >= 15 is 0 Å². The van der Waals surface area contributed by atoms with Gasteiger partial charge in [-0.1, -0.05) is 40.2 Å². The Morgan fingerprint density at radius 2 is 1.89 bits per heavy atom. The molecule has 3 N–H and O–H groups in total. The summed E-state index contributed by atoms with van der Waals surface area (Å²) in [7, 11) is 0. The van der Waals surface area contributed by atoms with Gasteiger partial charge in [-0.3, -0.25) is 0 Å². The number of nitrogens with zero attached hydrogens (tertiary/aromatic N) is 3. The van der Waals surface area contributed by atoms with Crippen LogP contribution in [0.15, 0.2) is 59.1 Å². The zero-order valence-corrected chi connectivity index (χ0v) is 15.7. The van der Waals surface area contributed by atoms with Crippen molar-refractivity contribution in [2.45, 2.75) is 6.61 Å². The van der Waals surface area contributed by atoms with Gasteiger partial charge >= 0.3 is 5.97 Å². The lowest BCUT2D eigenvalue weighted by molar-refractivity contribution is -0.147. The van der Waals surface area contributed by atoms with Crippen LogP contribution in [0.5, 0.6) is 5.75 Å². The number of ether oxygens (including phenoxy) is 2. The minimum atomic E-state index is -0.550. The van der Waals surface area contributed by atoms with Gasteiger partial charge in [-0.2, -0.15) is 15.0 Å². The van der Waals surface area contributed by atoms with Crippen molar-refractivity contribution in [3.05, 3.63) is 64.9 Å². The molecule has 0 unspecified atom stereocenters. The summed E-state index contributed by atoms with van der Waals surface area (Å²) in [6, 6.07) is 16.5. The number of rotatable bonds is 7. The molecule has 1 aromatic heterocycles. The summed E-state index contributed by atoms with van der Waals surface area (Å²) in [5.74, 6) is 0.536. The Balaban J connectivity index is 1.54. The van der Waals surface area contributed by atoms with E-state index in [1.54, 1.807) is 18.2 Å². The standard InChI is InChI=1S/C18H16BrN5O3/c19-12-5-4-8-14(9-12)26-11-16(25)27-10-15-22-17(20)24-18(23-15)21-13-6-2-1-3-7-13/h1-9H,10-11H2,(H3,20,21,22,23,24). The Kier molecular flexibility index (Phi) is 6.16. The third-order valence-electron chi connectivity index (χ3n) is 3.24. The van der Waals surface area contributed by atoms with Crippen LogP contribution in [0.2, 0.25) is 0 Å². The van der Waals surface area contributed by atoms with Crippen molar-refractivity contribution in [1.82, 2.24) is 15.0 Å². The highest BCUT2D eigenvalue weighted by atomic mass is 79.9. The quantitative estimate of drug-likeness (QED) is 0.550. The summed E-state index contributed by atoms with van der Waals surface area (Å²) in [5.41, 5.74) is 6.50. The lowest BCUT2D eigenvalue weighted by Crippen LogP contribution is -2.16. The number of hydrogen-bond donors (Lipinski definition) is 2. The SMILES string of the molecule is Nc1nc(COC(=O)COc2cccc(Br)c2)nc(Nc2ccccc2)n1. The zero-order chi connectivity index (χ0) is 19.1. The molecule has 0 radical (unpaired) electrons. The third-order valence-corrected chi connectivity index (χ3v) is 3.74. The molecule has 0 saturated carbocycles. The molecular weight excluding hydrogens is 414 g/mol. The van der Waals surface area contributed by atoms with Gasteiger partial charge in [0.25, 0.3) is 0 Å². The maximum absolute atomic E-state index is 11.9. The van der Waals surface area contributed by atoms with E-state index in [0.717, 1.165) is 10.2 Å². The van der Waals surface area contributed by atoms with Crippen molar-refractivity contribution in [3.63, 3.8) is 0 Å². The van der Waals surface area contributed by atoms with Gasteiger partial charge in [0, 0.05) is 10.2 Å². The lowest BCUT2D eigenvalue weighted by Gasteiger charge is -2.09. The van der Waals surface area contributed by atoms with E-state index in [9.17, 15) is 4.79 Å². The highest BCUT2D eigenvalue weighted by Gasteiger charge is 2.09. The first-order valence-electron chi connectivity index (χ1n) is 7.95. The van der Waals surface area contributed by atoms with E-state index in [-0.39, 0.29) is 30.9 Å². The molecule has 0 aliphatic rings. The molecule has 138 valence electrons. The first-order chi connectivity index (χ1) is 13.1. The van der Waals surface area contributed by atoms with Crippen LogP contribution in [0.25, 0.3) is 0 Å². The van der Waals surface area contributed by atoms with Crippen molar-refractivity contribution >= 4 is 39.5 Å². The van der Waals surface area contributed by atoms with E-state index < -0.39 is 5.97 Å². The fourth-order valence-corrected chi connectivity index (χ4v) is 2.47. The Morgan fingerprint density at radius 1 is 1.07 bits per heavy atom. The van der Waals surface area contributed by atoms with Gasteiger partial charge in [0.2, 0.25) is 11.9 Å². The van der Waals surface area contributed by atoms with Crippen LogP contribution >= 0.6 is 15.9 Å². The van der Waals surface area contributed by atoms with Gasteiger partial charge in [0.1, 0.15) is 5.75 Å². The number of aromatic nitrogens is 3. The van der Waals surface area contributed by atoms with Crippen LogP contribution in [0.4, 0.5) is 17.6 Å². The van der Waals surface area contributed by atoms with Crippen LogP contribution in [-0.2, 0) is 16.1 Å². The minimum absolute atomic E-state index is 0.0277. The number of nitrogen functional groups attached to an aromatic ring is 1. The molecule has 0 atom stereocenters. The summed E-state index contributed by atoms with van der Waals surface area (Å²) < 4.78 is 11.4. The van der Waals surface area contributed by atoms with Crippen molar-refractivity contribution in [2.75, 3.05) is 17.7 Å². The monoisotopic (exact) mass is 429 g/mol. The molecular formula is C18H16BrN5O3. The van der Waals surface area contributed by atoms with Gasteiger partial charge in [0.05, 0.1) is 0 Å². The molecule has 1 heterocycles. The van der Waals surface area contributed by atoms with Crippen LogP contribution < -0.4 is 15.8 Å². The Labute approximate surface area is 163 Å². The molecule has 2 aromatic carbocycles. The second-order valence-electron chi connectivity index (χ2n) is 5.33. The van der Waals surface area contributed by atoms with E-state index in [2.05, 4.69) is 36.2 Å². The van der Waals surface area contributed by atoms with Gasteiger partial charge in [-0.15, -0.1) is 0 Å². The first kappa shape index (κ1) is 18.6. The van der Waals surface area contributed by atoms with Crippen LogP contribution in [-0.4, -0.2) is 27.5 Å². The minimum Gasteiger partial charge on any atom is -0.482 e. The number of esters is 1. The Bertz CT molecular complexity index is 924. The van der Waals surface area contributed by atoms with E-state index in [4.69, 9.17) is 15.2 Å². The second-order valence-corrected chi connectivity index (χ2v) is 6.25. The predicted octanol–water partition coefficient (Wildman–Crippen LogP) is 3.08. The highest BCUT2D eigenvalue weighted by molar-refractivity contribution is 9.10. The topological polar surface area (TPSA) is 112 Å². The summed E-state index contributed by atoms with van der Waals surface area (Å²) in [5, 5.41) is 3.01. The fraction of sp³-hybridized carbons (Fsp3) is 0.111. The van der Waals surface area contributed by atoms with Gasteiger partial charge in [-0.05, 0) is 30.3 Å². The van der Waals surface area contributed by atoms with Crippen molar-refractivity contribution in [2.24, 2.45) is 0 Å². The molecule has 27 heavy (non-hydrogen) atoms. The molecule has 3 aromatic rings. The van der Waals surface area contributed by atoms with Gasteiger partial charge in [0.15, 0.2) is 19.0 Å². The van der Waals surface area contributed by atoms with Crippen LogP contribution in [0.1, 0.15) is 5.82 Å². The smallest absolute Gasteiger partial charge is 0.344 e. The molecule has 0 bridgehead atoms. The summed E-state index contributed by atoms with van der Waals surface area (Å²) in [4.78, 5) is 24.0. The van der Waals surface area contributed by atoms with Crippen LogP contribution in [0, 0.1) is 0 Å². The van der Waals surface area contributed by atoms with Crippen molar-refractivity contribution in [1.29, 1.82) is 0 Å². The molecule has 8 nitrogen and oxygen atoms in total. The number of nitrogens with one attached hydrogen (secondary N) is 1. The Morgan fingerprint density at radius 3 is 2.67 bits per heavy atom. The first-order valence-corrected chi connectivity index (χ1v) is 8.74. The van der Waals surface area contributed by atoms with Crippen molar-refractivity contribution < 1.29 is 14.3 Å². The normalized spacial score (nSPS) is 10.3. The molecule has 0 saturated heterocycles. The summed E-state index contributed by atoms with van der Waals surface area (Å²) >= 11 is 3.33. The van der Waals surface area contributed by atoms with E-state index in [0.29, 0.717) is 5.75 Å². The molecule has 9 heteroatoms. The van der Waals surface area contributed by atoms with Gasteiger partial charge < -0.3 is 20.5 Å². The average molecular weight is 430 g/mol. The number of carbonyl (C=O) groups excluding carboxylic acids is 1. The van der Waals surface area contributed by atoms with Crippen LogP contribution in [0.3, 0.4) is 0 Å².